The largest absolute Gasteiger partial charge is 0.325 e. The summed E-state index contributed by atoms with van der Waals surface area (Å²) < 4.78 is 13.2. The van der Waals surface area contributed by atoms with Crippen molar-refractivity contribution in [2.75, 3.05) is 10.6 Å². The van der Waals surface area contributed by atoms with E-state index in [4.69, 9.17) is 23.2 Å². The Balaban J connectivity index is 1.72. The normalized spacial score (nSPS) is 14.7. The third-order valence-electron chi connectivity index (χ3n) is 4.23. The third kappa shape index (κ3) is 3.62. The SMILES string of the molecule is Cc1ccc(NC(=O)C2(C(=O)Nc3ccc(F)c(Cl)c3)CC2)cc1Cl. The second-order valence-corrected chi connectivity index (χ2v) is 6.90. The molecular formula is C18H15Cl2FN2O2. The molecule has 130 valence electrons. The molecular weight excluding hydrogens is 366 g/mol. The van der Waals surface area contributed by atoms with Crippen molar-refractivity contribution in [2.45, 2.75) is 19.8 Å². The van der Waals surface area contributed by atoms with Crippen molar-refractivity contribution in [3.63, 3.8) is 0 Å². The molecule has 2 aromatic carbocycles. The van der Waals surface area contributed by atoms with Gasteiger partial charge in [0.1, 0.15) is 11.2 Å². The van der Waals surface area contributed by atoms with Gasteiger partial charge in [-0.1, -0.05) is 29.3 Å². The van der Waals surface area contributed by atoms with E-state index in [1.807, 2.05) is 6.92 Å². The third-order valence-corrected chi connectivity index (χ3v) is 4.92. The Labute approximate surface area is 154 Å². The maximum Gasteiger partial charge on any atom is 0.240 e. The minimum absolute atomic E-state index is 0.0959. The molecule has 0 aromatic heterocycles. The highest BCUT2D eigenvalue weighted by Gasteiger charge is 2.56. The lowest BCUT2D eigenvalue weighted by Gasteiger charge is -2.16. The van der Waals surface area contributed by atoms with Gasteiger partial charge in [-0.25, -0.2) is 4.39 Å². The highest BCUT2D eigenvalue weighted by atomic mass is 35.5. The number of amides is 2. The maximum absolute atomic E-state index is 13.2. The van der Waals surface area contributed by atoms with E-state index in [1.165, 1.54) is 12.1 Å². The summed E-state index contributed by atoms with van der Waals surface area (Å²) in [6, 6.07) is 9.02. The molecule has 0 atom stereocenters. The standard InChI is InChI=1S/C18H15Cl2FN2O2/c1-10-2-3-11(8-13(10)19)22-16(24)18(6-7-18)17(25)23-12-4-5-15(21)14(20)9-12/h2-5,8-9H,6-7H2,1H3,(H,22,24)(H,23,25). The molecule has 0 bridgehead atoms. The van der Waals surface area contributed by atoms with Gasteiger partial charge in [-0.15, -0.1) is 0 Å². The van der Waals surface area contributed by atoms with Gasteiger partial charge in [-0.3, -0.25) is 9.59 Å². The van der Waals surface area contributed by atoms with Crippen LogP contribution in [0.15, 0.2) is 36.4 Å². The lowest BCUT2D eigenvalue weighted by atomic mass is 10.0. The summed E-state index contributed by atoms with van der Waals surface area (Å²) in [5.74, 6) is -1.40. The van der Waals surface area contributed by atoms with Gasteiger partial charge in [-0.2, -0.15) is 0 Å². The molecule has 4 nitrogen and oxygen atoms in total. The van der Waals surface area contributed by atoms with E-state index in [2.05, 4.69) is 10.6 Å². The van der Waals surface area contributed by atoms with Crippen molar-refractivity contribution in [1.82, 2.24) is 0 Å². The van der Waals surface area contributed by atoms with E-state index < -0.39 is 23.0 Å². The van der Waals surface area contributed by atoms with Crippen LogP contribution >= 0.6 is 23.2 Å². The Morgan fingerprint density at radius 3 is 1.96 bits per heavy atom. The van der Waals surface area contributed by atoms with Crippen molar-refractivity contribution < 1.29 is 14.0 Å². The summed E-state index contributed by atoms with van der Waals surface area (Å²) in [4.78, 5) is 25.1. The zero-order valence-electron chi connectivity index (χ0n) is 13.3. The Morgan fingerprint density at radius 1 is 0.960 bits per heavy atom. The van der Waals surface area contributed by atoms with E-state index in [0.717, 1.165) is 11.6 Å². The van der Waals surface area contributed by atoms with Crippen molar-refractivity contribution >= 4 is 46.4 Å². The summed E-state index contributed by atoms with van der Waals surface area (Å²) in [6.07, 6.45) is 0.887. The summed E-state index contributed by atoms with van der Waals surface area (Å²) in [5, 5.41) is 5.79. The lowest BCUT2D eigenvalue weighted by molar-refractivity contribution is -0.131. The van der Waals surface area contributed by atoms with Crippen LogP contribution in [0.5, 0.6) is 0 Å². The fraction of sp³-hybridized carbons (Fsp3) is 0.222. The first-order valence-electron chi connectivity index (χ1n) is 7.66. The molecule has 1 aliphatic carbocycles. The van der Waals surface area contributed by atoms with E-state index in [-0.39, 0.29) is 5.02 Å². The number of hydrogen-bond acceptors (Lipinski definition) is 2. The molecule has 2 aromatic rings. The molecule has 3 rings (SSSR count). The number of carbonyl (C=O) groups excluding carboxylic acids is 2. The second-order valence-electron chi connectivity index (χ2n) is 6.08. The molecule has 7 heteroatoms. The van der Waals surface area contributed by atoms with E-state index in [9.17, 15) is 14.0 Å². The molecule has 2 amide bonds. The topological polar surface area (TPSA) is 58.2 Å². The Morgan fingerprint density at radius 2 is 1.48 bits per heavy atom. The molecule has 1 aliphatic rings. The van der Waals surface area contributed by atoms with Gasteiger partial charge >= 0.3 is 0 Å². The minimum atomic E-state index is -1.13. The summed E-state index contributed by atoms with van der Waals surface area (Å²) in [5.41, 5.74) is 0.642. The van der Waals surface area contributed by atoms with Crippen LogP contribution in [0.2, 0.25) is 10.0 Å². The number of hydrogen-bond donors (Lipinski definition) is 2. The number of benzene rings is 2. The van der Waals surface area contributed by atoms with Gasteiger partial charge < -0.3 is 10.6 Å². The molecule has 0 radical (unpaired) electrons. The molecule has 0 aliphatic heterocycles. The molecule has 0 saturated heterocycles. The van der Waals surface area contributed by atoms with Gasteiger partial charge in [0, 0.05) is 16.4 Å². The van der Waals surface area contributed by atoms with Gasteiger partial charge in [-0.05, 0) is 55.7 Å². The van der Waals surface area contributed by atoms with Crippen LogP contribution in [0.25, 0.3) is 0 Å². The monoisotopic (exact) mass is 380 g/mol. The zero-order valence-corrected chi connectivity index (χ0v) is 14.8. The van der Waals surface area contributed by atoms with Crippen LogP contribution in [-0.4, -0.2) is 11.8 Å². The fourth-order valence-electron chi connectivity index (χ4n) is 2.43. The molecule has 0 spiro atoms. The smallest absolute Gasteiger partial charge is 0.240 e. The van der Waals surface area contributed by atoms with Crippen molar-refractivity contribution in [2.24, 2.45) is 5.41 Å². The van der Waals surface area contributed by atoms with Crippen LogP contribution in [0.4, 0.5) is 15.8 Å². The maximum atomic E-state index is 13.2. The van der Waals surface area contributed by atoms with Gasteiger partial charge in [0.2, 0.25) is 11.8 Å². The quantitative estimate of drug-likeness (QED) is 0.748. The molecule has 0 heterocycles. The number of carbonyl (C=O) groups is 2. The van der Waals surface area contributed by atoms with E-state index >= 15 is 0 Å². The van der Waals surface area contributed by atoms with Gasteiger partial charge in [0.05, 0.1) is 5.02 Å². The number of aryl methyl sites for hydroxylation is 1. The number of halogens is 3. The van der Waals surface area contributed by atoms with Gasteiger partial charge in [0.15, 0.2) is 0 Å². The average molecular weight is 381 g/mol. The highest BCUT2D eigenvalue weighted by Crippen LogP contribution is 2.47. The zero-order chi connectivity index (χ0) is 18.2. The van der Waals surface area contributed by atoms with Crippen LogP contribution in [0.1, 0.15) is 18.4 Å². The van der Waals surface area contributed by atoms with Crippen LogP contribution < -0.4 is 10.6 Å². The Kier molecular flexibility index (Phi) is 4.71. The fourth-order valence-corrected chi connectivity index (χ4v) is 2.79. The second kappa shape index (κ2) is 6.65. The molecule has 2 N–H and O–H groups in total. The lowest BCUT2D eigenvalue weighted by Crippen LogP contribution is -2.35. The average Bonchev–Trinajstić information content (AvgIpc) is 3.36. The first-order valence-corrected chi connectivity index (χ1v) is 8.41. The van der Waals surface area contributed by atoms with Crippen LogP contribution in [0.3, 0.4) is 0 Å². The molecule has 1 saturated carbocycles. The van der Waals surface area contributed by atoms with E-state index in [0.29, 0.717) is 29.2 Å². The summed E-state index contributed by atoms with van der Waals surface area (Å²) >= 11 is 11.8. The summed E-state index contributed by atoms with van der Waals surface area (Å²) in [7, 11) is 0. The van der Waals surface area contributed by atoms with Crippen LogP contribution in [-0.2, 0) is 9.59 Å². The summed E-state index contributed by atoms with van der Waals surface area (Å²) in [6.45, 7) is 1.86. The van der Waals surface area contributed by atoms with Crippen molar-refractivity contribution in [1.29, 1.82) is 0 Å². The molecule has 1 fully saturated rings. The molecule has 25 heavy (non-hydrogen) atoms. The number of nitrogens with one attached hydrogen (secondary N) is 2. The predicted molar refractivity (Wildman–Crippen MR) is 96.5 cm³/mol. The predicted octanol–water partition coefficient (Wildman–Crippen LogP) is 4.80. The Bertz CT molecular complexity index is 799. The van der Waals surface area contributed by atoms with Crippen LogP contribution in [0, 0.1) is 18.2 Å². The first-order chi connectivity index (χ1) is 11.8. The van der Waals surface area contributed by atoms with Gasteiger partial charge in [0.25, 0.3) is 0 Å². The highest BCUT2D eigenvalue weighted by molar-refractivity contribution is 6.32. The number of rotatable bonds is 4. The minimum Gasteiger partial charge on any atom is -0.325 e. The first kappa shape index (κ1) is 17.7. The van der Waals surface area contributed by atoms with Crippen molar-refractivity contribution in [3.8, 4) is 0 Å². The Hall–Kier alpha value is -2.11. The van der Waals surface area contributed by atoms with E-state index in [1.54, 1.807) is 18.2 Å². The molecule has 0 unspecified atom stereocenters. The number of anilines is 2. The van der Waals surface area contributed by atoms with Crippen molar-refractivity contribution in [3.05, 3.63) is 57.8 Å².